The Morgan fingerprint density at radius 1 is 0.762 bits per heavy atom. The molecule has 42 heavy (non-hydrogen) atoms. The predicted octanol–water partition coefficient (Wildman–Crippen LogP) is 5.58. The summed E-state index contributed by atoms with van der Waals surface area (Å²) in [6.45, 7) is 3.86. The molecule has 5 rings (SSSR count). The third kappa shape index (κ3) is 7.52. The minimum absolute atomic E-state index is 0.00610. The third-order valence-electron chi connectivity index (χ3n) is 7.68. The van der Waals surface area contributed by atoms with Crippen LogP contribution in [0.25, 0.3) is 0 Å². The number of aliphatic hydroxyl groups is 1. The van der Waals surface area contributed by atoms with Gasteiger partial charge in [0.1, 0.15) is 0 Å². The highest BCUT2D eigenvalue weighted by molar-refractivity contribution is 7.89. The summed E-state index contributed by atoms with van der Waals surface area (Å²) in [6.07, 6.45) is -0.893. The van der Waals surface area contributed by atoms with Gasteiger partial charge in [-0.15, -0.1) is 0 Å². The van der Waals surface area contributed by atoms with Gasteiger partial charge in [0.15, 0.2) is 6.29 Å². The zero-order valence-electron chi connectivity index (χ0n) is 24.0. The molecule has 4 aromatic carbocycles. The number of aliphatic hydroxyl groups excluding tert-OH is 1. The zero-order chi connectivity index (χ0) is 29.5. The lowest BCUT2D eigenvalue weighted by Gasteiger charge is -2.42. The van der Waals surface area contributed by atoms with Crippen LogP contribution in [-0.4, -0.2) is 38.1 Å². The lowest BCUT2D eigenvalue weighted by molar-refractivity contribution is -0.276. The molecule has 2 N–H and O–H groups in total. The predicted molar refractivity (Wildman–Crippen MR) is 163 cm³/mol. The standard InChI is InChI=1S/C34H38N2O5S/c1-25-32(23-36(2)22-27-9-5-3-6-10-27)40-34(41-33(25)29-17-15-28(24-37)16-18-29)30-19-13-26(14-20-30)21-35-42(38,39)31-11-7-4-8-12-31/h3-20,25,32-35,37H,21-24H2,1-2H3/t25-,32+,33+,34+/m0/s1. The molecular formula is C34H38N2O5S. The van der Waals surface area contributed by atoms with Crippen LogP contribution in [0, 0.1) is 5.92 Å². The summed E-state index contributed by atoms with van der Waals surface area (Å²) in [5, 5.41) is 9.51. The summed E-state index contributed by atoms with van der Waals surface area (Å²) in [5.74, 6) is 0.0751. The molecule has 1 aliphatic heterocycles. The van der Waals surface area contributed by atoms with Gasteiger partial charge >= 0.3 is 0 Å². The molecule has 4 aromatic rings. The number of benzene rings is 4. The fraction of sp³-hybridized carbons (Fsp3) is 0.294. The van der Waals surface area contributed by atoms with E-state index in [0.29, 0.717) is 0 Å². The van der Waals surface area contributed by atoms with E-state index in [0.717, 1.165) is 35.3 Å². The number of sulfonamides is 1. The Labute approximate surface area is 248 Å². The van der Waals surface area contributed by atoms with Crippen LogP contribution >= 0.6 is 0 Å². The van der Waals surface area contributed by atoms with Gasteiger partial charge in [0.25, 0.3) is 0 Å². The molecule has 1 aliphatic rings. The van der Waals surface area contributed by atoms with Gasteiger partial charge in [-0.3, -0.25) is 4.90 Å². The SMILES string of the molecule is C[C@H]1[C@@H](CN(C)Cc2ccccc2)O[C@@H](c2ccc(CNS(=O)(=O)c3ccccc3)cc2)O[C@H]1c1ccc(CO)cc1. The Morgan fingerprint density at radius 2 is 1.36 bits per heavy atom. The average Bonchev–Trinajstić information content (AvgIpc) is 3.02. The first-order valence-corrected chi connectivity index (χ1v) is 15.7. The largest absolute Gasteiger partial charge is 0.392 e. The molecule has 7 nitrogen and oxygen atoms in total. The maximum atomic E-state index is 12.6. The smallest absolute Gasteiger partial charge is 0.240 e. The molecule has 1 saturated heterocycles. The van der Waals surface area contributed by atoms with Crippen molar-refractivity contribution in [2.45, 2.75) is 50.0 Å². The van der Waals surface area contributed by atoms with Gasteiger partial charge in [0.2, 0.25) is 10.0 Å². The zero-order valence-corrected chi connectivity index (χ0v) is 24.8. The van der Waals surface area contributed by atoms with E-state index in [1.807, 2.05) is 54.6 Å². The van der Waals surface area contributed by atoms with Crippen LogP contribution in [-0.2, 0) is 39.2 Å². The van der Waals surface area contributed by atoms with Crippen molar-refractivity contribution in [3.8, 4) is 0 Å². The molecule has 0 bridgehead atoms. The van der Waals surface area contributed by atoms with Crippen LogP contribution in [0.4, 0.5) is 0 Å². The number of hydrogen-bond acceptors (Lipinski definition) is 6. The van der Waals surface area contributed by atoms with Crippen molar-refractivity contribution in [3.63, 3.8) is 0 Å². The van der Waals surface area contributed by atoms with Crippen LogP contribution in [0.15, 0.2) is 114 Å². The van der Waals surface area contributed by atoms with Gasteiger partial charge in [-0.2, -0.15) is 0 Å². The highest BCUT2D eigenvalue weighted by Crippen LogP contribution is 2.41. The molecular weight excluding hydrogens is 548 g/mol. The van der Waals surface area contributed by atoms with Gasteiger partial charge in [-0.05, 0) is 41.4 Å². The molecule has 0 spiro atoms. The van der Waals surface area contributed by atoms with Crippen molar-refractivity contribution in [3.05, 3.63) is 137 Å². The maximum absolute atomic E-state index is 12.6. The Bertz CT molecular complexity index is 1510. The topological polar surface area (TPSA) is 88.1 Å². The number of nitrogens with one attached hydrogen (secondary N) is 1. The van der Waals surface area contributed by atoms with Crippen molar-refractivity contribution in [2.75, 3.05) is 13.6 Å². The second-order valence-corrected chi connectivity index (χ2v) is 12.7. The van der Waals surface area contributed by atoms with E-state index < -0.39 is 16.3 Å². The first-order valence-electron chi connectivity index (χ1n) is 14.2. The van der Waals surface area contributed by atoms with Crippen molar-refractivity contribution in [1.82, 2.24) is 9.62 Å². The quantitative estimate of drug-likeness (QED) is 0.239. The van der Waals surface area contributed by atoms with Crippen molar-refractivity contribution in [2.24, 2.45) is 5.92 Å². The lowest BCUT2D eigenvalue weighted by Crippen LogP contribution is -2.43. The fourth-order valence-electron chi connectivity index (χ4n) is 5.25. The highest BCUT2D eigenvalue weighted by Gasteiger charge is 2.38. The fourth-order valence-corrected chi connectivity index (χ4v) is 6.29. The van der Waals surface area contributed by atoms with Crippen LogP contribution in [0.1, 0.15) is 47.1 Å². The molecule has 1 fully saturated rings. The van der Waals surface area contributed by atoms with Gasteiger partial charge in [-0.25, -0.2) is 13.1 Å². The minimum atomic E-state index is -3.60. The minimum Gasteiger partial charge on any atom is -0.392 e. The van der Waals surface area contributed by atoms with Gasteiger partial charge in [0, 0.05) is 31.1 Å². The summed E-state index contributed by atoms with van der Waals surface area (Å²) in [6, 6.07) is 34.3. The second kappa shape index (κ2) is 13.7. The molecule has 0 amide bonds. The Morgan fingerprint density at radius 3 is 2.00 bits per heavy atom. The van der Waals surface area contributed by atoms with E-state index in [9.17, 15) is 13.5 Å². The number of ether oxygens (including phenoxy) is 2. The van der Waals surface area contributed by atoms with Crippen molar-refractivity contribution < 1.29 is 23.0 Å². The van der Waals surface area contributed by atoms with E-state index in [4.69, 9.17) is 9.47 Å². The summed E-state index contributed by atoms with van der Waals surface area (Å²) in [5.41, 5.74) is 4.83. The first-order chi connectivity index (χ1) is 20.3. The summed E-state index contributed by atoms with van der Waals surface area (Å²) in [4.78, 5) is 2.51. The molecule has 4 atom stereocenters. The average molecular weight is 587 g/mol. The summed E-state index contributed by atoms with van der Waals surface area (Å²) in [7, 11) is -1.50. The lowest BCUT2D eigenvalue weighted by atomic mass is 9.90. The van der Waals surface area contributed by atoms with E-state index in [-0.39, 0.29) is 36.2 Å². The highest BCUT2D eigenvalue weighted by atomic mass is 32.2. The van der Waals surface area contributed by atoms with Crippen LogP contribution in [0.5, 0.6) is 0 Å². The number of likely N-dealkylation sites (N-methyl/N-ethyl adjacent to an activating group) is 1. The van der Waals surface area contributed by atoms with Crippen LogP contribution < -0.4 is 4.72 Å². The van der Waals surface area contributed by atoms with Crippen molar-refractivity contribution >= 4 is 10.0 Å². The van der Waals surface area contributed by atoms with E-state index >= 15 is 0 Å². The molecule has 8 heteroatoms. The normalized spacial score (nSPS) is 21.0. The van der Waals surface area contributed by atoms with Gasteiger partial charge < -0.3 is 14.6 Å². The van der Waals surface area contributed by atoms with E-state index in [2.05, 4.69) is 47.9 Å². The van der Waals surface area contributed by atoms with Crippen LogP contribution in [0.2, 0.25) is 0 Å². The van der Waals surface area contributed by atoms with Crippen molar-refractivity contribution in [1.29, 1.82) is 0 Å². The van der Waals surface area contributed by atoms with Gasteiger partial charge in [-0.1, -0.05) is 104 Å². The van der Waals surface area contributed by atoms with E-state index in [1.54, 1.807) is 30.3 Å². The molecule has 0 aromatic heterocycles. The number of rotatable bonds is 11. The Balaban J connectivity index is 1.32. The molecule has 1 heterocycles. The number of nitrogens with zero attached hydrogens (tertiary/aromatic N) is 1. The Hall–Kier alpha value is -3.37. The molecule has 0 unspecified atom stereocenters. The summed E-state index contributed by atoms with van der Waals surface area (Å²) >= 11 is 0. The first kappa shape index (κ1) is 30.1. The second-order valence-electron chi connectivity index (χ2n) is 10.9. The van der Waals surface area contributed by atoms with E-state index in [1.165, 1.54) is 5.56 Å². The Kier molecular flexibility index (Phi) is 9.84. The monoisotopic (exact) mass is 586 g/mol. The molecule has 0 aliphatic carbocycles. The van der Waals surface area contributed by atoms with Gasteiger partial charge in [0.05, 0.1) is 23.7 Å². The number of hydrogen-bond donors (Lipinski definition) is 2. The maximum Gasteiger partial charge on any atom is 0.240 e. The summed E-state index contributed by atoms with van der Waals surface area (Å²) < 4.78 is 41.1. The molecule has 0 radical (unpaired) electrons. The van der Waals surface area contributed by atoms with Crippen LogP contribution in [0.3, 0.4) is 0 Å². The molecule has 0 saturated carbocycles. The third-order valence-corrected chi connectivity index (χ3v) is 9.10. The molecule has 220 valence electrons.